The van der Waals surface area contributed by atoms with Crippen molar-refractivity contribution < 1.29 is 9.53 Å². The summed E-state index contributed by atoms with van der Waals surface area (Å²) in [7, 11) is 2.48. The predicted molar refractivity (Wildman–Crippen MR) is 167 cm³/mol. The van der Waals surface area contributed by atoms with Crippen LogP contribution < -0.4 is 10.6 Å². The first-order chi connectivity index (χ1) is 19.1. The highest BCUT2D eigenvalue weighted by molar-refractivity contribution is 8.33. The Morgan fingerprint density at radius 1 is 1.29 bits per heavy atom. The van der Waals surface area contributed by atoms with E-state index >= 15 is 0 Å². The number of likely N-dealkylation sites (N-methyl/N-ethyl adjacent to an activating group) is 1. The van der Waals surface area contributed by atoms with E-state index in [1.165, 1.54) is 4.90 Å². The summed E-state index contributed by atoms with van der Waals surface area (Å²) in [4.78, 5) is 23.0. The third kappa shape index (κ3) is 6.49. The fraction of sp³-hybridized carbons (Fsp3) is 0.500. The van der Waals surface area contributed by atoms with Gasteiger partial charge in [0.25, 0.3) is 0 Å². The molecule has 0 saturated carbocycles. The van der Waals surface area contributed by atoms with Crippen LogP contribution in [0.2, 0.25) is 0 Å². The van der Waals surface area contributed by atoms with Gasteiger partial charge >= 0.3 is 0 Å². The molecule has 3 heterocycles. The van der Waals surface area contributed by atoms with Gasteiger partial charge in [0.1, 0.15) is 18.4 Å². The Morgan fingerprint density at radius 3 is 2.68 bits per heavy atom. The molecule has 10 nitrogen and oxygen atoms in total. The zero-order valence-electron chi connectivity index (χ0n) is 25.6. The Balaban J connectivity index is 1.61. The summed E-state index contributed by atoms with van der Waals surface area (Å²) in [5.41, 5.74) is 4.49. The largest absolute Gasteiger partial charge is 0.383 e. The van der Waals surface area contributed by atoms with Gasteiger partial charge in [0, 0.05) is 43.9 Å². The molecular formula is C30H42N8O2S. The summed E-state index contributed by atoms with van der Waals surface area (Å²) in [6.07, 6.45) is 6.31. The van der Waals surface area contributed by atoms with Gasteiger partial charge < -0.3 is 20.3 Å². The summed E-state index contributed by atoms with van der Waals surface area (Å²) in [5, 5.41) is 21.1. The van der Waals surface area contributed by atoms with Crippen molar-refractivity contribution in [1.82, 2.24) is 24.6 Å². The maximum atomic E-state index is 12.3. The zero-order valence-corrected chi connectivity index (χ0v) is 26.4. The Labute approximate surface area is 244 Å². The van der Waals surface area contributed by atoms with E-state index in [-0.39, 0.29) is 22.6 Å². The van der Waals surface area contributed by atoms with Gasteiger partial charge in [-0.15, -0.1) is 0 Å². The van der Waals surface area contributed by atoms with Crippen LogP contribution in [0.5, 0.6) is 0 Å². The Bertz CT molecular complexity index is 1480. The van der Waals surface area contributed by atoms with Crippen LogP contribution >= 0.6 is 10.0 Å². The molecule has 1 aliphatic heterocycles. The number of anilines is 3. The standard InChI is InChI=1S/C30H42N8O2S/c1-20-12-25(38(36-20)16-26(39)37(6)7)35-28-32-11-10-24(34-28)21-13-22(15-31)27-23(14-21)30(5,17-33-27)18-40-19-41(8,9)29(2,3)4/h10-14,33H,16-19H2,1-9H3,(H,32,34,35)/t30-/m1/s1. The summed E-state index contributed by atoms with van der Waals surface area (Å²) in [6.45, 7) is 12.2. The van der Waals surface area contributed by atoms with Crippen LogP contribution in [0.25, 0.3) is 11.3 Å². The number of benzene rings is 1. The molecule has 1 aromatic carbocycles. The van der Waals surface area contributed by atoms with Crippen LogP contribution in [0.3, 0.4) is 0 Å². The lowest BCUT2D eigenvalue weighted by Crippen LogP contribution is -2.33. The lowest BCUT2D eigenvalue weighted by Gasteiger charge is -2.44. The van der Waals surface area contributed by atoms with Crippen LogP contribution in [0.15, 0.2) is 30.5 Å². The highest BCUT2D eigenvalue weighted by Gasteiger charge is 2.38. The van der Waals surface area contributed by atoms with E-state index in [1.54, 1.807) is 25.0 Å². The van der Waals surface area contributed by atoms with E-state index in [0.29, 0.717) is 36.2 Å². The molecule has 4 rings (SSSR count). The number of hydrogen-bond donors (Lipinski definition) is 2. The maximum absolute atomic E-state index is 12.3. The Hall–Kier alpha value is -3.62. The molecule has 1 aliphatic rings. The first kappa shape index (κ1) is 30.3. The fourth-order valence-corrected chi connectivity index (χ4v) is 5.29. The molecule has 41 heavy (non-hydrogen) atoms. The van der Waals surface area contributed by atoms with E-state index in [4.69, 9.17) is 9.72 Å². The number of fused-ring (bicyclic) bond motifs is 1. The van der Waals surface area contributed by atoms with Crippen LogP contribution in [0.4, 0.5) is 17.5 Å². The Morgan fingerprint density at radius 2 is 2.02 bits per heavy atom. The number of aromatic nitrogens is 4. The summed E-state index contributed by atoms with van der Waals surface area (Å²) < 4.78 is 8.17. The molecule has 0 saturated heterocycles. The SMILES string of the molecule is Cc1cc(Nc2nccc(-c3cc(C#N)c4c(c3)[C@@](C)(COCS(C)(C)C(C)(C)C)CN4)n2)n(CC(=O)N(C)C)n1. The van der Waals surface area contributed by atoms with E-state index in [1.807, 2.05) is 25.1 Å². The topological polar surface area (TPSA) is 121 Å². The molecule has 3 aromatic rings. The number of carbonyl (C=O) groups is 1. The summed E-state index contributed by atoms with van der Waals surface area (Å²) in [5.74, 6) is 1.65. The molecule has 0 radical (unpaired) electrons. The summed E-state index contributed by atoms with van der Waals surface area (Å²) in [6, 6.07) is 10.0. The van der Waals surface area contributed by atoms with Gasteiger partial charge in [-0.3, -0.25) is 4.79 Å². The van der Waals surface area contributed by atoms with Crippen molar-refractivity contribution >= 4 is 33.4 Å². The normalized spacial score (nSPS) is 17.0. The summed E-state index contributed by atoms with van der Waals surface area (Å²) >= 11 is 0. The van der Waals surface area contributed by atoms with Crippen molar-refractivity contribution in [3.05, 3.63) is 47.3 Å². The number of nitriles is 1. The lowest BCUT2D eigenvalue weighted by molar-refractivity contribution is -0.129. The highest BCUT2D eigenvalue weighted by Crippen LogP contribution is 2.53. The number of hydrogen-bond acceptors (Lipinski definition) is 8. The molecule has 2 N–H and O–H groups in total. The molecule has 2 aromatic heterocycles. The Kier molecular flexibility index (Phi) is 8.39. The zero-order chi connectivity index (χ0) is 30.2. The molecule has 220 valence electrons. The number of amides is 1. The van der Waals surface area contributed by atoms with E-state index < -0.39 is 10.0 Å². The van der Waals surface area contributed by atoms with Crippen molar-refractivity contribution in [2.24, 2.45) is 0 Å². The number of aryl methyl sites for hydroxylation is 1. The van der Waals surface area contributed by atoms with Gasteiger partial charge in [-0.2, -0.15) is 10.4 Å². The van der Waals surface area contributed by atoms with Crippen LogP contribution in [0.1, 0.15) is 44.5 Å². The minimum Gasteiger partial charge on any atom is -0.383 e. The highest BCUT2D eigenvalue weighted by atomic mass is 32.3. The third-order valence-corrected chi connectivity index (χ3v) is 12.0. The van der Waals surface area contributed by atoms with Crippen molar-refractivity contribution in [2.75, 3.05) is 56.3 Å². The van der Waals surface area contributed by atoms with Crippen LogP contribution in [-0.2, 0) is 21.5 Å². The van der Waals surface area contributed by atoms with Crippen molar-refractivity contribution in [3.8, 4) is 17.3 Å². The van der Waals surface area contributed by atoms with Gasteiger partial charge in [0.15, 0.2) is 0 Å². The van der Waals surface area contributed by atoms with Gasteiger partial charge in [-0.25, -0.2) is 24.7 Å². The molecule has 1 amide bonds. The molecular weight excluding hydrogens is 536 g/mol. The molecule has 0 unspecified atom stereocenters. The first-order valence-corrected chi connectivity index (χ1v) is 16.2. The molecule has 11 heteroatoms. The second-order valence-electron chi connectivity index (χ2n) is 12.6. The molecule has 0 bridgehead atoms. The predicted octanol–water partition coefficient (Wildman–Crippen LogP) is 4.87. The molecule has 0 aliphatic carbocycles. The molecule has 0 fully saturated rings. The fourth-order valence-electron chi connectivity index (χ4n) is 4.43. The van der Waals surface area contributed by atoms with Crippen LogP contribution in [0, 0.1) is 18.3 Å². The van der Waals surface area contributed by atoms with Gasteiger partial charge in [0.05, 0.1) is 35.2 Å². The van der Waals surface area contributed by atoms with Crippen molar-refractivity contribution in [3.63, 3.8) is 0 Å². The first-order valence-electron chi connectivity index (χ1n) is 13.6. The minimum atomic E-state index is -0.947. The number of nitrogens with zero attached hydrogens (tertiary/aromatic N) is 6. The number of nitrogens with one attached hydrogen (secondary N) is 2. The van der Waals surface area contributed by atoms with E-state index in [9.17, 15) is 10.1 Å². The van der Waals surface area contributed by atoms with E-state index in [0.717, 1.165) is 28.4 Å². The lowest BCUT2D eigenvalue weighted by atomic mass is 9.83. The van der Waals surface area contributed by atoms with E-state index in [2.05, 4.69) is 73.1 Å². The van der Waals surface area contributed by atoms with Crippen LogP contribution in [-0.4, -0.2) is 81.0 Å². The van der Waals surface area contributed by atoms with Crippen molar-refractivity contribution in [1.29, 1.82) is 5.26 Å². The average molecular weight is 579 g/mol. The van der Waals surface area contributed by atoms with Gasteiger partial charge in [-0.05, 0) is 47.9 Å². The van der Waals surface area contributed by atoms with Gasteiger partial charge in [0.2, 0.25) is 11.9 Å². The molecule has 1 atom stereocenters. The maximum Gasteiger partial charge on any atom is 0.243 e. The number of rotatable bonds is 9. The van der Waals surface area contributed by atoms with Gasteiger partial charge in [-0.1, -0.05) is 27.7 Å². The smallest absolute Gasteiger partial charge is 0.243 e. The third-order valence-electron chi connectivity index (χ3n) is 7.90. The number of carbonyl (C=O) groups excluding carboxylic acids is 1. The monoisotopic (exact) mass is 578 g/mol. The van der Waals surface area contributed by atoms with Crippen molar-refractivity contribution in [2.45, 2.75) is 51.3 Å². The second-order valence-corrected chi connectivity index (χ2v) is 17.1. The molecule has 0 spiro atoms. The minimum absolute atomic E-state index is 0.0722. The average Bonchev–Trinajstić information content (AvgIpc) is 3.41. The second kappa shape index (κ2) is 11.3. The quantitative estimate of drug-likeness (QED) is 0.369. The number of ether oxygens (including phenoxy) is 1.